The Morgan fingerprint density at radius 1 is 1.08 bits per heavy atom. The molecule has 0 saturated carbocycles. The molecule has 0 aliphatic carbocycles. The van der Waals surface area contributed by atoms with Crippen molar-refractivity contribution in [3.05, 3.63) is 69.5 Å². The van der Waals surface area contributed by atoms with Crippen molar-refractivity contribution in [3.8, 4) is 11.3 Å². The Bertz CT molecular complexity index is 1170. The number of nitrogens with two attached hydrogens (primary N) is 1. The molecule has 126 valence electrons. The molecule has 2 aromatic carbocycles. The molecule has 4 rings (SSSR count). The van der Waals surface area contributed by atoms with Gasteiger partial charge in [0.05, 0.1) is 5.39 Å². The van der Waals surface area contributed by atoms with Crippen LogP contribution in [-0.4, -0.2) is 4.98 Å². The molecule has 0 saturated heterocycles. The topological polar surface area (TPSA) is 72.0 Å². The van der Waals surface area contributed by atoms with Gasteiger partial charge in [-0.3, -0.25) is 4.79 Å². The van der Waals surface area contributed by atoms with Gasteiger partial charge < -0.3 is 15.1 Å². The largest absolute Gasteiger partial charge is 0.455 e. The van der Waals surface area contributed by atoms with Crippen LogP contribution < -0.4 is 11.2 Å². The SMILES string of the molecule is Cc1cc(C(C)N)c2oc(-c3ccc4[nH]c(C)cc4c3)cc(=O)c2c1. The van der Waals surface area contributed by atoms with Gasteiger partial charge in [-0.2, -0.15) is 0 Å². The summed E-state index contributed by atoms with van der Waals surface area (Å²) in [7, 11) is 0. The molecule has 0 bridgehead atoms. The van der Waals surface area contributed by atoms with Crippen LogP contribution in [0.4, 0.5) is 0 Å². The summed E-state index contributed by atoms with van der Waals surface area (Å²) in [5.41, 5.74) is 11.5. The van der Waals surface area contributed by atoms with E-state index in [4.69, 9.17) is 10.2 Å². The Morgan fingerprint density at radius 3 is 2.64 bits per heavy atom. The van der Waals surface area contributed by atoms with E-state index in [-0.39, 0.29) is 11.5 Å². The Hall–Kier alpha value is -2.85. The van der Waals surface area contributed by atoms with Gasteiger partial charge in [0.1, 0.15) is 11.3 Å². The smallest absolute Gasteiger partial charge is 0.193 e. The van der Waals surface area contributed by atoms with Gasteiger partial charge in [0.25, 0.3) is 0 Å². The number of rotatable bonds is 2. The van der Waals surface area contributed by atoms with Gasteiger partial charge >= 0.3 is 0 Å². The minimum Gasteiger partial charge on any atom is -0.455 e. The number of aromatic nitrogens is 1. The number of hydrogen-bond donors (Lipinski definition) is 2. The highest BCUT2D eigenvalue weighted by Gasteiger charge is 2.14. The minimum absolute atomic E-state index is 0.0489. The summed E-state index contributed by atoms with van der Waals surface area (Å²) in [5, 5.41) is 1.67. The lowest BCUT2D eigenvalue weighted by Crippen LogP contribution is -2.09. The van der Waals surface area contributed by atoms with Crippen LogP contribution in [0.1, 0.15) is 29.8 Å². The first kappa shape index (κ1) is 15.7. The highest BCUT2D eigenvalue weighted by Crippen LogP contribution is 2.29. The van der Waals surface area contributed by atoms with Crippen molar-refractivity contribution in [2.75, 3.05) is 0 Å². The van der Waals surface area contributed by atoms with Crippen LogP contribution in [0.2, 0.25) is 0 Å². The van der Waals surface area contributed by atoms with Crippen LogP contribution in [-0.2, 0) is 0 Å². The number of benzene rings is 2. The van der Waals surface area contributed by atoms with E-state index in [1.165, 1.54) is 0 Å². The van der Waals surface area contributed by atoms with Crippen molar-refractivity contribution in [2.24, 2.45) is 5.73 Å². The molecule has 25 heavy (non-hydrogen) atoms. The maximum Gasteiger partial charge on any atom is 0.193 e. The molecular weight excluding hydrogens is 312 g/mol. The van der Waals surface area contributed by atoms with Gasteiger partial charge in [-0.1, -0.05) is 6.07 Å². The maximum atomic E-state index is 12.7. The van der Waals surface area contributed by atoms with Crippen molar-refractivity contribution < 1.29 is 4.42 Å². The van der Waals surface area contributed by atoms with Crippen molar-refractivity contribution in [1.29, 1.82) is 0 Å². The second-order valence-corrected chi connectivity index (χ2v) is 6.75. The van der Waals surface area contributed by atoms with Crippen LogP contribution in [0.3, 0.4) is 0 Å². The lowest BCUT2D eigenvalue weighted by atomic mass is 10.0. The van der Waals surface area contributed by atoms with Gasteiger partial charge in [-0.05, 0) is 56.7 Å². The molecule has 4 nitrogen and oxygen atoms in total. The van der Waals surface area contributed by atoms with Crippen LogP contribution in [0.15, 0.2) is 51.7 Å². The quantitative estimate of drug-likeness (QED) is 0.564. The molecule has 1 unspecified atom stereocenters. The van der Waals surface area contributed by atoms with E-state index in [1.807, 2.05) is 51.1 Å². The monoisotopic (exact) mass is 332 g/mol. The molecule has 3 N–H and O–H groups in total. The minimum atomic E-state index is -0.212. The molecule has 0 aliphatic heterocycles. The third-order valence-corrected chi connectivity index (χ3v) is 4.53. The zero-order valence-corrected chi connectivity index (χ0v) is 14.5. The van der Waals surface area contributed by atoms with E-state index < -0.39 is 0 Å². The van der Waals surface area contributed by atoms with E-state index in [0.717, 1.165) is 33.3 Å². The summed E-state index contributed by atoms with van der Waals surface area (Å²) >= 11 is 0. The van der Waals surface area contributed by atoms with Crippen molar-refractivity contribution >= 4 is 21.9 Å². The molecule has 1 atom stereocenters. The van der Waals surface area contributed by atoms with Gasteiger partial charge in [0.15, 0.2) is 5.43 Å². The summed E-state index contributed by atoms with van der Waals surface area (Å²) in [4.78, 5) is 16.0. The van der Waals surface area contributed by atoms with E-state index in [9.17, 15) is 4.79 Å². The Labute approximate surface area is 145 Å². The molecule has 0 fully saturated rings. The summed E-state index contributed by atoms with van der Waals surface area (Å²) < 4.78 is 6.14. The van der Waals surface area contributed by atoms with Crippen LogP contribution in [0.25, 0.3) is 33.2 Å². The number of H-pyrrole nitrogens is 1. The van der Waals surface area contributed by atoms with Crippen LogP contribution >= 0.6 is 0 Å². The number of aryl methyl sites for hydroxylation is 2. The van der Waals surface area contributed by atoms with Crippen molar-refractivity contribution in [3.63, 3.8) is 0 Å². The summed E-state index contributed by atoms with van der Waals surface area (Å²) in [5.74, 6) is 0.559. The zero-order valence-electron chi connectivity index (χ0n) is 14.5. The standard InChI is InChI=1S/C21H20N2O2/c1-11-6-16(13(3)22)21-17(7-11)19(24)10-20(25-21)14-4-5-18-15(9-14)8-12(2)23-18/h4-10,13,23H,22H2,1-3H3. The van der Waals surface area contributed by atoms with E-state index >= 15 is 0 Å². The van der Waals surface area contributed by atoms with Crippen molar-refractivity contribution in [2.45, 2.75) is 26.8 Å². The number of aromatic amines is 1. The molecule has 2 aromatic heterocycles. The number of fused-ring (bicyclic) bond motifs is 2. The first-order valence-corrected chi connectivity index (χ1v) is 8.36. The lowest BCUT2D eigenvalue weighted by molar-refractivity contribution is 0.608. The Kier molecular flexibility index (Phi) is 3.51. The third-order valence-electron chi connectivity index (χ3n) is 4.53. The Balaban J connectivity index is 1.99. The highest BCUT2D eigenvalue weighted by atomic mass is 16.3. The predicted octanol–water partition coefficient (Wildman–Crippen LogP) is 4.58. The second-order valence-electron chi connectivity index (χ2n) is 6.75. The molecule has 2 heterocycles. The summed E-state index contributed by atoms with van der Waals surface area (Å²) in [6.07, 6.45) is 0. The highest BCUT2D eigenvalue weighted by molar-refractivity contribution is 5.87. The van der Waals surface area contributed by atoms with Crippen LogP contribution in [0, 0.1) is 13.8 Å². The second kappa shape index (κ2) is 5.60. The molecular formula is C21H20N2O2. The van der Waals surface area contributed by atoms with Crippen LogP contribution in [0.5, 0.6) is 0 Å². The predicted molar refractivity (Wildman–Crippen MR) is 102 cm³/mol. The molecule has 0 amide bonds. The molecule has 4 heteroatoms. The molecule has 0 radical (unpaired) electrons. The fraction of sp³-hybridized carbons (Fsp3) is 0.190. The van der Waals surface area contributed by atoms with Gasteiger partial charge in [0, 0.05) is 39.8 Å². The molecule has 0 aliphatic rings. The number of hydrogen-bond acceptors (Lipinski definition) is 3. The van der Waals surface area contributed by atoms with E-state index in [2.05, 4.69) is 11.1 Å². The van der Waals surface area contributed by atoms with E-state index in [1.54, 1.807) is 6.07 Å². The summed E-state index contributed by atoms with van der Waals surface area (Å²) in [6.45, 7) is 5.88. The molecule has 0 spiro atoms. The van der Waals surface area contributed by atoms with Gasteiger partial charge in [-0.15, -0.1) is 0 Å². The normalized spacial score (nSPS) is 12.8. The average molecular weight is 332 g/mol. The third kappa shape index (κ3) is 2.65. The average Bonchev–Trinajstić information content (AvgIpc) is 2.93. The first-order chi connectivity index (χ1) is 11.9. The van der Waals surface area contributed by atoms with Crippen molar-refractivity contribution in [1.82, 2.24) is 4.98 Å². The summed E-state index contributed by atoms with van der Waals surface area (Å²) in [6, 6.07) is 13.3. The fourth-order valence-electron chi connectivity index (χ4n) is 3.35. The maximum absolute atomic E-state index is 12.7. The van der Waals surface area contributed by atoms with Gasteiger partial charge in [-0.25, -0.2) is 0 Å². The first-order valence-electron chi connectivity index (χ1n) is 8.36. The zero-order chi connectivity index (χ0) is 17.7. The van der Waals surface area contributed by atoms with E-state index in [0.29, 0.717) is 16.7 Å². The Morgan fingerprint density at radius 2 is 1.88 bits per heavy atom. The fourth-order valence-corrected chi connectivity index (χ4v) is 3.35. The molecule has 4 aromatic rings. The van der Waals surface area contributed by atoms with Gasteiger partial charge in [0.2, 0.25) is 0 Å². The lowest BCUT2D eigenvalue weighted by Gasteiger charge is -2.12. The number of nitrogens with one attached hydrogen (secondary N) is 1.